The Labute approximate surface area is 174 Å². The Balaban J connectivity index is 1.83. The summed E-state index contributed by atoms with van der Waals surface area (Å²) in [4.78, 5) is 25.6. The number of nitrogens with zero attached hydrogens (tertiary/aromatic N) is 1. The number of aryl methyl sites for hydroxylation is 2. The van der Waals surface area contributed by atoms with E-state index in [9.17, 15) is 14.9 Å². The number of carbonyl (C=O) groups excluding carboxylic acids is 2. The highest BCUT2D eigenvalue weighted by Crippen LogP contribution is 2.41. The molecule has 0 aromatic heterocycles. The second kappa shape index (κ2) is 9.44. The van der Waals surface area contributed by atoms with Crippen molar-refractivity contribution in [2.75, 3.05) is 6.61 Å². The Morgan fingerprint density at radius 2 is 1.93 bits per heavy atom. The average molecular weight is 407 g/mol. The van der Waals surface area contributed by atoms with Crippen LogP contribution in [0, 0.1) is 11.3 Å². The van der Waals surface area contributed by atoms with E-state index in [1.54, 1.807) is 18.7 Å². The van der Waals surface area contributed by atoms with Crippen LogP contribution in [-0.2, 0) is 31.9 Å². The Morgan fingerprint density at radius 1 is 1.17 bits per heavy atom. The highest BCUT2D eigenvalue weighted by Gasteiger charge is 2.21. The number of ether oxygens (including phenoxy) is 2. The van der Waals surface area contributed by atoms with Gasteiger partial charge in [0.05, 0.1) is 18.2 Å². The van der Waals surface area contributed by atoms with Gasteiger partial charge in [0.15, 0.2) is 0 Å². The van der Waals surface area contributed by atoms with Crippen LogP contribution in [0.4, 0.5) is 0 Å². The van der Waals surface area contributed by atoms with E-state index in [0.29, 0.717) is 5.56 Å². The van der Waals surface area contributed by atoms with Crippen LogP contribution in [0.1, 0.15) is 42.2 Å². The minimum absolute atomic E-state index is 0.247. The van der Waals surface area contributed by atoms with Crippen LogP contribution < -0.4 is 0 Å². The van der Waals surface area contributed by atoms with Crippen molar-refractivity contribution in [3.63, 3.8) is 0 Å². The molecule has 0 N–H and O–H groups in total. The van der Waals surface area contributed by atoms with Gasteiger partial charge >= 0.3 is 11.9 Å². The largest absolute Gasteiger partial charge is 0.463 e. The highest BCUT2D eigenvalue weighted by molar-refractivity contribution is 7.99. The lowest BCUT2D eigenvalue weighted by Gasteiger charge is -2.18. The van der Waals surface area contributed by atoms with E-state index >= 15 is 0 Å². The van der Waals surface area contributed by atoms with E-state index in [1.165, 1.54) is 11.1 Å². The lowest BCUT2D eigenvalue weighted by Crippen LogP contribution is -2.09. The van der Waals surface area contributed by atoms with Gasteiger partial charge in [-0.05, 0) is 49.9 Å². The molecule has 0 saturated heterocycles. The van der Waals surface area contributed by atoms with Gasteiger partial charge in [-0.25, -0.2) is 9.59 Å². The topological polar surface area (TPSA) is 76.4 Å². The number of carbonyl (C=O) groups is 2. The Morgan fingerprint density at radius 3 is 2.69 bits per heavy atom. The molecule has 1 aliphatic rings. The molecule has 0 saturated carbocycles. The second-order valence-electron chi connectivity index (χ2n) is 6.54. The van der Waals surface area contributed by atoms with Gasteiger partial charge < -0.3 is 9.47 Å². The lowest BCUT2D eigenvalue weighted by atomic mass is 10.0. The summed E-state index contributed by atoms with van der Waals surface area (Å²) >= 11 is 1.61. The van der Waals surface area contributed by atoms with Crippen molar-refractivity contribution in [2.45, 2.75) is 42.6 Å². The van der Waals surface area contributed by atoms with Crippen LogP contribution in [0.25, 0.3) is 0 Å². The fourth-order valence-corrected chi connectivity index (χ4v) is 4.51. The number of esters is 2. The first kappa shape index (κ1) is 20.7. The Bertz CT molecular complexity index is 1010. The van der Waals surface area contributed by atoms with Gasteiger partial charge in [-0.15, -0.1) is 0 Å². The fraction of sp³-hybridized carbons (Fsp3) is 0.261. The summed E-state index contributed by atoms with van der Waals surface area (Å²) in [6.45, 7) is 3.75. The zero-order valence-corrected chi connectivity index (χ0v) is 17.1. The van der Waals surface area contributed by atoms with Crippen molar-refractivity contribution in [3.8, 4) is 6.07 Å². The fourth-order valence-electron chi connectivity index (χ4n) is 3.15. The third-order valence-electron chi connectivity index (χ3n) is 4.57. The van der Waals surface area contributed by atoms with Gasteiger partial charge in [0.2, 0.25) is 0 Å². The summed E-state index contributed by atoms with van der Waals surface area (Å²) in [6, 6.07) is 13.9. The number of hydrogen-bond acceptors (Lipinski definition) is 6. The maximum absolute atomic E-state index is 12.1. The molecular weight excluding hydrogens is 386 g/mol. The monoisotopic (exact) mass is 407 g/mol. The molecule has 0 spiro atoms. The van der Waals surface area contributed by atoms with Gasteiger partial charge in [0.1, 0.15) is 6.10 Å². The smallest absolute Gasteiger partial charge is 0.331 e. The molecule has 1 unspecified atom stereocenters. The van der Waals surface area contributed by atoms with Crippen LogP contribution in [-0.4, -0.2) is 18.5 Å². The number of hydrogen-bond donors (Lipinski definition) is 0. The van der Waals surface area contributed by atoms with Crippen molar-refractivity contribution in [3.05, 3.63) is 70.8 Å². The van der Waals surface area contributed by atoms with E-state index in [2.05, 4.69) is 12.1 Å². The zero-order valence-electron chi connectivity index (χ0n) is 16.3. The van der Waals surface area contributed by atoms with Crippen molar-refractivity contribution in [2.24, 2.45) is 0 Å². The van der Waals surface area contributed by atoms with Crippen molar-refractivity contribution >= 4 is 23.7 Å². The summed E-state index contributed by atoms with van der Waals surface area (Å²) in [7, 11) is 0. The molecule has 0 radical (unpaired) electrons. The summed E-state index contributed by atoms with van der Waals surface area (Å²) in [5, 5.41) is 9.21. The molecule has 6 heteroatoms. The minimum atomic E-state index is -0.603. The summed E-state index contributed by atoms with van der Waals surface area (Å²) in [5.74, 6) is -1.18. The molecule has 5 nitrogen and oxygen atoms in total. The molecule has 0 fully saturated rings. The molecule has 1 atom stereocenters. The minimum Gasteiger partial charge on any atom is -0.463 e. The van der Waals surface area contributed by atoms with E-state index in [4.69, 9.17) is 9.47 Å². The Hall–Kier alpha value is -3.04. The van der Waals surface area contributed by atoms with Crippen LogP contribution in [0.2, 0.25) is 0 Å². The molecule has 1 heterocycles. The van der Waals surface area contributed by atoms with Crippen molar-refractivity contribution in [1.82, 2.24) is 0 Å². The summed E-state index contributed by atoms with van der Waals surface area (Å²) in [5.41, 5.74) is 3.92. The van der Waals surface area contributed by atoms with Gasteiger partial charge in [0.25, 0.3) is 0 Å². The molecule has 1 aliphatic heterocycles. The molecule has 3 rings (SSSR count). The quantitative estimate of drug-likeness (QED) is 0.535. The maximum atomic E-state index is 12.1. The third-order valence-corrected chi connectivity index (χ3v) is 5.87. The summed E-state index contributed by atoms with van der Waals surface area (Å²) < 4.78 is 10.3. The lowest BCUT2D eigenvalue weighted by molar-refractivity contribution is -0.143. The van der Waals surface area contributed by atoms with E-state index in [0.717, 1.165) is 40.3 Å². The van der Waals surface area contributed by atoms with Crippen molar-refractivity contribution in [1.29, 1.82) is 5.26 Å². The standard InChI is InChI=1S/C23H21NO4S/c1-3-27-21(25)11-12-22(26)28-15(2)19-6-4-5-18-10-9-17-8-7-16(14-24)13-20(17)29-23(18)19/h4-8,11-13,15H,3,9-10H2,1-2H3/b12-11+. The predicted octanol–water partition coefficient (Wildman–Crippen LogP) is 4.53. The molecule has 0 aliphatic carbocycles. The normalized spacial score (nSPS) is 13.6. The van der Waals surface area contributed by atoms with Gasteiger partial charge in [0, 0.05) is 27.5 Å². The van der Waals surface area contributed by atoms with Gasteiger partial charge in [-0.3, -0.25) is 0 Å². The Kier molecular flexibility index (Phi) is 6.73. The number of benzene rings is 2. The van der Waals surface area contributed by atoms with Crippen molar-refractivity contribution < 1.29 is 19.1 Å². The first-order chi connectivity index (χ1) is 14.0. The van der Waals surface area contributed by atoms with Crippen LogP contribution in [0.3, 0.4) is 0 Å². The molecule has 2 aromatic carbocycles. The highest BCUT2D eigenvalue weighted by atomic mass is 32.2. The molecule has 148 valence electrons. The number of fused-ring (bicyclic) bond motifs is 2. The van der Waals surface area contributed by atoms with E-state index < -0.39 is 18.0 Å². The van der Waals surface area contributed by atoms with E-state index in [1.807, 2.05) is 37.3 Å². The predicted molar refractivity (Wildman–Crippen MR) is 109 cm³/mol. The first-order valence-corrected chi connectivity index (χ1v) is 10.2. The number of nitriles is 1. The van der Waals surface area contributed by atoms with Crippen LogP contribution in [0.15, 0.2) is 58.3 Å². The van der Waals surface area contributed by atoms with Crippen LogP contribution in [0.5, 0.6) is 0 Å². The van der Waals surface area contributed by atoms with Gasteiger partial charge in [-0.1, -0.05) is 36.0 Å². The number of rotatable bonds is 5. The molecule has 0 bridgehead atoms. The maximum Gasteiger partial charge on any atom is 0.331 e. The van der Waals surface area contributed by atoms with Gasteiger partial charge in [-0.2, -0.15) is 5.26 Å². The third kappa shape index (κ3) is 5.07. The van der Waals surface area contributed by atoms with E-state index in [-0.39, 0.29) is 6.61 Å². The molecular formula is C23H21NO4S. The first-order valence-electron chi connectivity index (χ1n) is 9.40. The zero-order chi connectivity index (χ0) is 20.8. The summed E-state index contributed by atoms with van der Waals surface area (Å²) in [6.07, 6.45) is 3.42. The second-order valence-corrected chi connectivity index (χ2v) is 7.59. The van der Waals surface area contributed by atoms with Crippen LogP contribution >= 0.6 is 11.8 Å². The molecule has 2 aromatic rings. The molecule has 0 amide bonds. The molecule has 29 heavy (non-hydrogen) atoms. The SMILES string of the molecule is CCOC(=O)/C=C/C(=O)OC(C)c1cccc2c1Sc1cc(C#N)ccc1CC2. The average Bonchev–Trinajstić information content (AvgIpc) is 2.90.